The average Bonchev–Trinajstić information content (AvgIpc) is 3.47. The molecule has 0 bridgehead atoms. The van der Waals surface area contributed by atoms with Crippen molar-refractivity contribution in [2.24, 2.45) is 0 Å². The SMILES string of the molecule is CC1(C)c2ccccc2-c2c1ccc1c2Oc2c(cccc2-c2ccc(N(c3ccccc3)c3ccc(-c4cccc(-c5ccccc5)c4)cc3)cc2)O1. The number of para-hydroxylation sites is 2. The van der Waals surface area contributed by atoms with Gasteiger partial charge < -0.3 is 14.4 Å². The van der Waals surface area contributed by atoms with E-state index in [0.717, 1.165) is 56.8 Å². The van der Waals surface area contributed by atoms with Crippen LogP contribution in [0.15, 0.2) is 188 Å². The van der Waals surface area contributed by atoms with Gasteiger partial charge in [0.2, 0.25) is 0 Å². The van der Waals surface area contributed by atoms with E-state index in [9.17, 15) is 0 Å². The van der Waals surface area contributed by atoms with Crippen molar-refractivity contribution in [2.45, 2.75) is 19.3 Å². The molecule has 8 aromatic rings. The first-order chi connectivity index (χ1) is 26.5. The third-order valence-corrected chi connectivity index (χ3v) is 10.9. The molecule has 0 atom stereocenters. The van der Waals surface area contributed by atoms with Crippen LogP contribution < -0.4 is 14.4 Å². The van der Waals surface area contributed by atoms with Gasteiger partial charge in [-0.25, -0.2) is 0 Å². The zero-order chi connectivity index (χ0) is 36.2. The Kier molecular flexibility index (Phi) is 7.48. The monoisotopic (exact) mass is 695 g/mol. The molecular formula is C51H37NO2. The molecule has 0 radical (unpaired) electrons. The molecule has 0 fully saturated rings. The van der Waals surface area contributed by atoms with Gasteiger partial charge in [0.05, 0.1) is 0 Å². The minimum atomic E-state index is -0.127. The van der Waals surface area contributed by atoms with E-state index in [1.54, 1.807) is 0 Å². The summed E-state index contributed by atoms with van der Waals surface area (Å²) in [5.41, 5.74) is 14.8. The lowest BCUT2D eigenvalue weighted by Crippen LogP contribution is -2.15. The molecule has 2 aliphatic rings. The summed E-state index contributed by atoms with van der Waals surface area (Å²) >= 11 is 0. The van der Waals surface area contributed by atoms with Crippen LogP contribution in [-0.4, -0.2) is 0 Å². The number of fused-ring (bicyclic) bond motifs is 6. The van der Waals surface area contributed by atoms with Crippen LogP contribution in [0, 0.1) is 0 Å². The van der Waals surface area contributed by atoms with Gasteiger partial charge in [0, 0.05) is 33.6 Å². The van der Waals surface area contributed by atoms with E-state index >= 15 is 0 Å². The maximum Gasteiger partial charge on any atom is 0.178 e. The molecule has 1 aliphatic carbocycles. The summed E-state index contributed by atoms with van der Waals surface area (Å²) in [5.74, 6) is 2.98. The highest BCUT2D eigenvalue weighted by molar-refractivity contribution is 5.89. The van der Waals surface area contributed by atoms with Gasteiger partial charge in [0.25, 0.3) is 0 Å². The summed E-state index contributed by atoms with van der Waals surface area (Å²) in [6, 6.07) is 66.4. The molecule has 54 heavy (non-hydrogen) atoms. The number of hydrogen-bond donors (Lipinski definition) is 0. The summed E-state index contributed by atoms with van der Waals surface area (Å²) in [6.45, 7) is 4.57. The van der Waals surface area contributed by atoms with Crippen molar-refractivity contribution >= 4 is 17.1 Å². The minimum absolute atomic E-state index is 0.127. The Labute approximate surface area is 316 Å². The molecule has 0 saturated heterocycles. The van der Waals surface area contributed by atoms with Crippen molar-refractivity contribution in [1.82, 2.24) is 0 Å². The smallest absolute Gasteiger partial charge is 0.178 e. The molecule has 8 aromatic carbocycles. The maximum atomic E-state index is 6.92. The van der Waals surface area contributed by atoms with Crippen LogP contribution in [0.4, 0.5) is 17.1 Å². The second-order valence-electron chi connectivity index (χ2n) is 14.5. The van der Waals surface area contributed by atoms with E-state index in [1.807, 2.05) is 12.1 Å². The largest absolute Gasteiger partial charge is 0.449 e. The van der Waals surface area contributed by atoms with Crippen LogP contribution in [0.3, 0.4) is 0 Å². The predicted octanol–water partition coefficient (Wildman–Crippen LogP) is 14.4. The van der Waals surface area contributed by atoms with Gasteiger partial charge in [-0.15, -0.1) is 0 Å². The van der Waals surface area contributed by atoms with Crippen LogP contribution in [0.25, 0.3) is 44.5 Å². The van der Waals surface area contributed by atoms with E-state index in [-0.39, 0.29) is 5.41 Å². The van der Waals surface area contributed by atoms with Crippen molar-refractivity contribution in [1.29, 1.82) is 0 Å². The second kappa shape index (κ2) is 12.7. The number of rotatable bonds is 6. The number of benzene rings is 8. The quantitative estimate of drug-likeness (QED) is 0.173. The van der Waals surface area contributed by atoms with Gasteiger partial charge in [0.1, 0.15) is 0 Å². The van der Waals surface area contributed by atoms with E-state index in [0.29, 0.717) is 0 Å². The Hall–Kier alpha value is -6.84. The van der Waals surface area contributed by atoms with E-state index in [4.69, 9.17) is 9.47 Å². The molecule has 10 rings (SSSR count). The predicted molar refractivity (Wildman–Crippen MR) is 222 cm³/mol. The Balaban J connectivity index is 0.987. The molecule has 0 unspecified atom stereocenters. The standard InChI is InChI=1S/C51H37NO2/c1-51(2)44-21-10-9-19-43(44)48-45(51)31-32-47-50(48)54-49-42(20-12-22-46(49)53-47)36-25-29-41(30-26-36)52(39-17-7-4-8-18-39)40-27-23-35(24-28-40)38-16-11-15-37(33-38)34-13-5-3-6-14-34/h3-33H,1-2H3. The van der Waals surface area contributed by atoms with Gasteiger partial charge >= 0.3 is 0 Å². The van der Waals surface area contributed by atoms with Gasteiger partial charge in [-0.05, 0) is 99.1 Å². The fourth-order valence-corrected chi connectivity index (χ4v) is 8.20. The van der Waals surface area contributed by atoms with Crippen molar-refractivity contribution < 1.29 is 9.47 Å². The molecule has 0 spiro atoms. The minimum Gasteiger partial charge on any atom is -0.449 e. The fraction of sp³-hybridized carbons (Fsp3) is 0.0588. The highest BCUT2D eigenvalue weighted by atomic mass is 16.6. The number of anilines is 3. The molecule has 1 aliphatic heterocycles. The lowest BCUT2D eigenvalue weighted by Gasteiger charge is -2.27. The molecule has 1 heterocycles. The van der Waals surface area contributed by atoms with E-state index in [1.165, 1.54) is 38.9 Å². The first-order valence-electron chi connectivity index (χ1n) is 18.5. The first-order valence-corrected chi connectivity index (χ1v) is 18.5. The molecule has 0 saturated carbocycles. The van der Waals surface area contributed by atoms with Crippen LogP contribution in [-0.2, 0) is 5.41 Å². The van der Waals surface area contributed by atoms with Crippen LogP contribution in [0.5, 0.6) is 23.0 Å². The van der Waals surface area contributed by atoms with E-state index < -0.39 is 0 Å². The van der Waals surface area contributed by atoms with Crippen molar-refractivity contribution in [3.8, 4) is 67.5 Å². The molecule has 0 N–H and O–H groups in total. The number of nitrogens with zero attached hydrogens (tertiary/aromatic N) is 1. The highest BCUT2D eigenvalue weighted by Crippen LogP contribution is 2.59. The zero-order valence-corrected chi connectivity index (χ0v) is 30.2. The molecule has 0 aromatic heterocycles. The van der Waals surface area contributed by atoms with Gasteiger partial charge in [-0.1, -0.05) is 147 Å². The molecule has 3 nitrogen and oxygen atoms in total. The normalized spacial score (nSPS) is 13.1. The lowest BCUT2D eigenvalue weighted by atomic mass is 9.82. The topological polar surface area (TPSA) is 21.7 Å². The first kappa shape index (κ1) is 31.9. The Bertz CT molecular complexity index is 2660. The second-order valence-corrected chi connectivity index (χ2v) is 14.5. The summed E-state index contributed by atoms with van der Waals surface area (Å²) < 4.78 is 13.5. The molecule has 258 valence electrons. The average molecular weight is 696 g/mol. The van der Waals surface area contributed by atoms with Gasteiger partial charge in [0.15, 0.2) is 23.0 Å². The summed E-state index contributed by atoms with van der Waals surface area (Å²) in [4.78, 5) is 2.30. The molecular weight excluding hydrogens is 659 g/mol. The van der Waals surface area contributed by atoms with Crippen LogP contribution >= 0.6 is 0 Å². The van der Waals surface area contributed by atoms with E-state index in [2.05, 4.69) is 195 Å². The van der Waals surface area contributed by atoms with Crippen molar-refractivity contribution in [3.63, 3.8) is 0 Å². The third-order valence-electron chi connectivity index (χ3n) is 10.9. The van der Waals surface area contributed by atoms with Crippen LogP contribution in [0.1, 0.15) is 25.0 Å². The van der Waals surface area contributed by atoms with Crippen molar-refractivity contribution in [3.05, 3.63) is 199 Å². The summed E-state index contributed by atoms with van der Waals surface area (Å²) in [7, 11) is 0. The Morgan fingerprint density at radius 2 is 0.907 bits per heavy atom. The summed E-state index contributed by atoms with van der Waals surface area (Å²) in [6.07, 6.45) is 0. The molecule has 3 heteroatoms. The third kappa shape index (κ3) is 5.28. The maximum absolute atomic E-state index is 6.92. The fourth-order valence-electron chi connectivity index (χ4n) is 8.20. The Morgan fingerprint density at radius 1 is 0.370 bits per heavy atom. The van der Waals surface area contributed by atoms with Gasteiger partial charge in [-0.3, -0.25) is 0 Å². The van der Waals surface area contributed by atoms with Crippen molar-refractivity contribution in [2.75, 3.05) is 4.90 Å². The lowest BCUT2D eigenvalue weighted by molar-refractivity contribution is 0.361. The Morgan fingerprint density at radius 3 is 1.63 bits per heavy atom. The van der Waals surface area contributed by atoms with Crippen LogP contribution in [0.2, 0.25) is 0 Å². The van der Waals surface area contributed by atoms with Gasteiger partial charge in [-0.2, -0.15) is 0 Å². The number of ether oxygens (including phenoxy) is 2. The zero-order valence-electron chi connectivity index (χ0n) is 30.2. The number of hydrogen-bond acceptors (Lipinski definition) is 3. The summed E-state index contributed by atoms with van der Waals surface area (Å²) in [5, 5.41) is 0. The molecule has 0 amide bonds. The highest BCUT2D eigenvalue weighted by Gasteiger charge is 2.39.